The summed E-state index contributed by atoms with van der Waals surface area (Å²) in [5.41, 5.74) is 6.39. The van der Waals surface area contributed by atoms with Crippen LogP contribution >= 0.6 is 15.6 Å². The molecule has 1 aliphatic heterocycles. The third kappa shape index (κ3) is 12.5. The Morgan fingerprint density at radius 2 is 1.46 bits per heavy atom. The second-order valence-electron chi connectivity index (χ2n) is 9.80. The van der Waals surface area contributed by atoms with Gasteiger partial charge in [-0.2, -0.15) is 0 Å². The zero-order valence-corrected chi connectivity index (χ0v) is 23.2. The number of hydrogen-bond donors (Lipinski definition) is 3. The summed E-state index contributed by atoms with van der Waals surface area (Å²) in [5.74, 6) is 0.167. The van der Waals surface area contributed by atoms with Crippen LogP contribution in [0.5, 0.6) is 0 Å². The number of phosphoric acid groups is 2. The third-order valence-electron chi connectivity index (χ3n) is 6.69. The molecule has 2 rings (SSSR count). The van der Waals surface area contributed by atoms with Crippen LogP contribution in [-0.4, -0.2) is 54.0 Å². The van der Waals surface area contributed by atoms with Gasteiger partial charge in [0.15, 0.2) is 0 Å². The van der Waals surface area contributed by atoms with Crippen molar-refractivity contribution in [2.24, 2.45) is 11.7 Å². The molecule has 0 radical (unpaired) electrons. The van der Waals surface area contributed by atoms with Gasteiger partial charge in [0, 0.05) is 12.5 Å². The lowest BCUT2D eigenvalue weighted by Crippen LogP contribution is -2.31. The van der Waals surface area contributed by atoms with Gasteiger partial charge in [0.1, 0.15) is 12.2 Å². The Morgan fingerprint density at radius 1 is 0.857 bits per heavy atom. The molecule has 2 fully saturated rings. The summed E-state index contributed by atoms with van der Waals surface area (Å²) in [6, 6.07) is 0.0716. The molecule has 12 heteroatoms. The number of phosphoric ester groups is 2. The molecule has 10 nitrogen and oxygen atoms in total. The van der Waals surface area contributed by atoms with Gasteiger partial charge in [-0.05, 0) is 38.0 Å². The molecule has 1 saturated heterocycles. The summed E-state index contributed by atoms with van der Waals surface area (Å²) >= 11 is 0. The highest BCUT2D eigenvalue weighted by Gasteiger charge is 2.44. The number of ether oxygens (including phenoxy) is 1. The van der Waals surface area contributed by atoms with Gasteiger partial charge in [-0.3, -0.25) is 18.1 Å². The van der Waals surface area contributed by atoms with Gasteiger partial charge in [-0.25, -0.2) is 9.13 Å². The molecule has 0 aromatic rings. The van der Waals surface area contributed by atoms with E-state index in [0.29, 0.717) is 19.3 Å². The smallest absolute Gasteiger partial charge is 0.369 e. The molecule has 0 spiro atoms. The lowest BCUT2D eigenvalue weighted by molar-refractivity contribution is -0.0428. The molecular formula is C23H47NO9P2. The fourth-order valence-electron chi connectivity index (χ4n) is 4.67. The van der Waals surface area contributed by atoms with Crippen molar-refractivity contribution in [2.45, 2.75) is 122 Å². The van der Waals surface area contributed by atoms with E-state index in [4.69, 9.17) is 28.6 Å². The summed E-state index contributed by atoms with van der Waals surface area (Å²) in [7, 11) is -8.60. The highest BCUT2D eigenvalue weighted by molar-refractivity contribution is 7.47. The lowest BCUT2D eigenvalue weighted by Gasteiger charge is -2.27. The Bertz CT molecular complexity index is 683. The first-order chi connectivity index (χ1) is 16.7. The molecule has 4 N–H and O–H groups in total. The molecule has 7 atom stereocenters. The van der Waals surface area contributed by atoms with Crippen LogP contribution in [-0.2, 0) is 32.0 Å². The predicted molar refractivity (Wildman–Crippen MR) is 134 cm³/mol. The van der Waals surface area contributed by atoms with Crippen LogP contribution in [0.1, 0.15) is 97.3 Å². The van der Waals surface area contributed by atoms with Crippen molar-refractivity contribution in [2.75, 3.05) is 19.8 Å². The van der Waals surface area contributed by atoms with Crippen LogP contribution in [0.3, 0.4) is 0 Å². The minimum Gasteiger partial charge on any atom is -0.369 e. The Balaban J connectivity index is 2.07. The van der Waals surface area contributed by atoms with E-state index in [0.717, 1.165) is 51.4 Å². The van der Waals surface area contributed by atoms with Gasteiger partial charge in [-0.15, -0.1) is 0 Å². The second kappa shape index (κ2) is 16.2. The van der Waals surface area contributed by atoms with Crippen LogP contribution < -0.4 is 5.73 Å². The Morgan fingerprint density at radius 3 is 2.11 bits per heavy atom. The van der Waals surface area contributed by atoms with E-state index in [-0.39, 0.29) is 37.9 Å². The van der Waals surface area contributed by atoms with Gasteiger partial charge in [-0.1, -0.05) is 58.8 Å². The van der Waals surface area contributed by atoms with Gasteiger partial charge in [0.05, 0.1) is 25.9 Å². The number of nitrogens with two attached hydrogens (primary N) is 1. The third-order valence-corrected chi connectivity index (χ3v) is 8.72. The van der Waals surface area contributed by atoms with Crippen LogP contribution in [0.15, 0.2) is 0 Å². The molecule has 1 aliphatic carbocycles. The molecule has 7 unspecified atom stereocenters. The zero-order chi connectivity index (χ0) is 25.7. The fraction of sp³-hybridized carbons (Fsp3) is 1.00. The first-order valence-electron chi connectivity index (χ1n) is 13.3. The molecule has 2 aliphatic rings. The Kier molecular flexibility index (Phi) is 14.5. The maximum absolute atomic E-state index is 12.6. The highest BCUT2D eigenvalue weighted by atomic mass is 31.2. The lowest BCUT2D eigenvalue weighted by atomic mass is 9.85. The van der Waals surface area contributed by atoms with E-state index in [1.54, 1.807) is 0 Å². The first kappa shape index (κ1) is 31.4. The molecule has 1 saturated carbocycles. The van der Waals surface area contributed by atoms with Crippen LogP contribution in [0, 0.1) is 5.92 Å². The van der Waals surface area contributed by atoms with E-state index in [2.05, 4.69) is 0 Å². The molecule has 0 bridgehead atoms. The van der Waals surface area contributed by atoms with Crippen LogP contribution in [0.2, 0.25) is 0 Å². The number of rotatable bonds is 14. The number of unbranched alkanes of at least 4 members (excludes halogenated alkanes) is 2. The molecule has 0 aromatic carbocycles. The van der Waals surface area contributed by atoms with E-state index >= 15 is 0 Å². The molecule has 0 aromatic heterocycles. The standard InChI is InChI=1S/C23H47NO9P2/c1-3-5-14-29-34(25,26)31-18-23-22(33-35(27,28)30-15-6-4-2)17-21(32-23)19-12-10-8-7-9-11-13-20(24)16-19/h19-23H,3-18,24H2,1-2H3,(H,25,26)(H,27,28). The Labute approximate surface area is 210 Å². The van der Waals surface area contributed by atoms with Crippen molar-refractivity contribution in [3.8, 4) is 0 Å². The number of hydrogen-bond acceptors (Lipinski definition) is 8. The van der Waals surface area contributed by atoms with Crippen LogP contribution in [0.25, 0.3) is 0 Å². The Hall–Kier alpha value is 0.140. The quantitative estimate of drug-likeness (QED) is 0.191. The van der Waals surface area contributed by atoms with Gasteiger partial charge >= 0.3 is 15.6 Å². The van der Waals surface area contributed by atoms with Crippen molar-refractivity contribution in [3.05, 3.63) is 0 Å². The molecular weight excluding hydrogens is 496 g/mol. The molecule has 1 heterocycles. The summed E-state index contributed by atoms with van der Waals surface area (Å²) < 4.78 is 51.8. The summed E-state index contributed by atoms with van der Waals surface area (Å²) in [6.07, 6.45) is 9.83. The topological polar surface area (TPSA) is 147 Å². The SMILES string of the molecule is CCCCOP(=O)(O)OCC1OC(C2CCCCCCCC(N)C2)CC1OP(=O)(O)OCCCC. The maximum Gasteiger partial charge on any atom is 0.472 e. The molecule has 35 heavy (non-hydrogen) atoms. The summed E-state index contributed by atoms with van der Waals surface area (Å²) in [4.78, 5) is 20.3. The van der Waals surface area contributed by atoms with Crippen LogP contribution in [0.4, 0.5) is 0 Å². The maximum atomic E-state index is 12.6. The zero-order valence-electron chi connectivity index (χ0n) is 21.4. The minimum absolute atomic E-state index is 0.0716. The predicted octanol–water partition coefficient (Wildman–Crippen LogP) is 5.46. The summed E-state index contributed by atoms with van der Waals surface area (Å²) in [5, 5.41) is 0. The van der Waals surface area contributed by atoms with Crippen molar-refractivity contribution in [1.29, 1.82) is 0 Å². The second-order valence-corrected chi connectivity index (χ2v) is 12.7. The first-order valence-corrected chi connectivity index (χ1v) is 16.3. The largest absolute Gasteiger partial charge is 0.472 e. The fourth-order valence-corrected chi connectivity index (χ4v) is 6.42. The van der Waals surface area contributed by atoms with E-state index < -0.39 is 27.9 Å². The van der Waals surface area contributed by atoms with Crippen molar-refractivity contribution >= 4 is 15.6 Å². The van der Waals surface area contributed by atoms with Gasteiger partial charge in [0.2, 0.25) is 0 Å². The average molecular weight is 544 g/mol. The van der Waals surface area contributed by atoms with Crippen molar-refractivity contribution in [3.63, 3.8) is 0 Å². The normalized spacial score (nSPS) is 32.1. The molecule has 208 valence electrons. The average Bonchev–Trinajstić information content (AvgIpc) is 3.18. The van der Waals surface area contributed by atoms with E-state index in [1.807, 2.05) is 13.8 Å². The van der Waals surface area contributed by atoms with Crippen molar-refractivity contribution in [1.82, 2.24) is 0 Å². The molecule has 0 amide bonds. The highest BCUT2D eigenvalue weighted by Crippen LogP contribution is 2.50. The van der Waals surface area contributed by atoms with Gasteiger partial charge in [0.25, 0.3) is 0 Å². The van der Waals surface area contributed by atoms with Gasteiger partial charge < -0.3 is 20.3 Å². The van der Waals surface area contributed by atoms with Crippen molar-refractivity contribution < 1.29 is 41.7 Å². The minimum atomic E-state index is -4.32. The monoisotopic (exact) mass is 543 g/mol. The van der Waals surface area contributed by atoms with E-state index in [1.165, 1.54) is 12.8 Å². The van der Waals surface area contributed by atoms with E-state index in [9.17, 15) is 18.9 Å². The summed E-state index contributed by atoms with van der Waals surface area (Å²) in [6.45, 7) is 3.82.